The minimum Gasteiger partial charge on any atom is -0.465 e. The van der Waals surface area contributed by atoms with Crippen molar-refractivity contribution < 1.29 is 9.21 Å². The average molecular weight is 337 g/mol. The average Bonchev–Trinajstić information content (AvgIpc) is 3.17. The summed E-state index contributed by atoms with van der Waals surface area (Å²) in [7, 11) is 0. The first kappa shape index (κ1) is 17.0. The number of para-hydroxylation sites is 1. The third-order valence-electron chi connectivity index (χ3n) is 4.02. The summed E-state index contributed by atoms with van der Waals surface area (Å²) in [6.07, 6.45) is 3.27. The van der Waals surface area contributed by atoms with E-state index in [0.717, 1.165) is 5.69 Å². The monoisotopic (exact) mass is 337 g/mol. The van der Waals surface area contributed by atoms with Crippen LogP contribution in [0.5, 0.6) is 0 Å². The van der Waals surface area contributed by atoms with Gasteiger partial charge in [-0.15, -0.1) is 0 Å². The second-order valence-electron chi connectivity index (χ2n) is 6.53. The van der Waals surface area contributed by atoms with Gasteiger partial charge < -0.3 is 9.32 Å². The molecule has 0 fully saturated rings. The fraction of sp³-hybridized carbons (Fsp3) is 0.300. The molecule has 5 nitrogen and oxygen atoms in total. The van der Waals surface area contributed by atoms with Crippen molar-refractivity contribution in [3.8, 4) is 0 Å². The summed E-state index contributed by atoms with van der Waals surface area (Å²) in [5.74, 6) is 1.12. The number of amides is 1. The van der Waals surface area contributed by atoms with E-state index in [2.05, 4.69) is 37.6 Å². The summed E-state index contributed by atoms with van der Waals surface area (Å²) >= 11 is 0. The smallest absolute Gasteiger partial charge is 0.284 e. The molecule has 0 saturated heterocycles. The first-order valence-electron chi connectivity index (χ1n) is 8.50. The number of benzene rings is 1. The maximum Gasteiger partial charge on any atom is 0.284 e. The quantitative estimate of drug-likeness (QED) is 0.788. The zero-order chi connectivity index (χ0) is 18.0. The van der Waals surface area contributed by atoms with E-state index in [-0.39, 0.29) is 18.0 Å². The van der Waals surface area contributed by atoms with Crippen molar-refractivity contribution in [1.82, 2.24) is 4.90 Å². The van der Waals surface area contributed by atoms with Gasteiger partial charge in [-0.25, -0.2) is 9.89 Å². The Bertz CT molecular complexity index is 782. The van der Waals surface area contributed by atoms with Gasteiger partial charge in [-0.05, 0) is 52.0 Å². The second kappa shape index (κ2) is 6.97. The number of nitrogens with zero attached hydrogens (tertiary/aromatic N) is 3. The standard InChI is InChI=1S/C20H23N3O2/c1-14(2)22(15(3)4)20-21-18(13-17-11-8-12-25-17)19(24)23(20)16-9-6-5-7-10-16/h5-15H,1-4H3/b18-13-. The van der Waals surface area contributed by atoms with E-state index in [9.17, 15) is 4.79 Å². The zero-order valence-corrected chi connectivity index (χ0v) is 15.0. The SMILES string of the molecule is CC(C)N(C1=N/C(=C\c2ccco2)C(=O)N1c1ccccc1)C(C)C. The highest BCUT2D eigenvalue weighted by Crippen LogP contribution is 2.28. The number of carbonyl (C=O) groups excluding carboxylic acids is 1. The molecule has 130 valence electrons. The third kappa shape index (κ3) is 3.36. The van der Waals surface area contributed by atoms with E-state index in [1.807, 2.05) is 36.4 Å². The molecule has 0 N–H and O–H groups in total. The minimum atomic E-state index is -0.149. The number of anilines is 1. The fourth-order valence-corrected chi connectivity index (χ4v) is 3.05. The summed E-state index contributed by atoms with van der Waals surface area (Å²) in [4.78, 5) is 21.6. The fourth-order valence-electron chi connectivity index (χ4n) is 3.05. The topological polar surface area (TPSA) is 49.1 Å². The predicted octanol–water partition coefficient (Wildman–Crippen LogP) is 4.14. The van der Waals surface area contributed by atoms with E-state index >= 15 is 0 Å². The van der Waals surface area contributed by atoms with Crippen LogP contribution in [0.2, 0.25) is 0 Å². The van der Waals surface area contributed by atoms with E-state index in [1.54, 1.807) is 23.3 Å². The first-order chi connectivity index (χ1) is 12.0. The number of guanidine groups is 1. The van der Waals surface area contributed by atoms with Crippen molar-refractivity contribution in [2.45, 2.75) is 39.8 Å². The Morgan fingerprint density at radius 3 is 2.28 bits per heavy atom. The van der Waals surface area contributed by atoms with Crippen LogP contribution in [-0.4, -0.2) is 28.9 Å². The van der Waals surface area contributed by atoms with Gasteiger partial charge in [0.05, 0.1) is 12.0 Å². The second-order valence-corrected chi connectivity index (χ2v) is 6.53. The van der Waals surface area contributed by atoms with Gasteiger partial charge in [0.15, 0.2) is 0 Å². The number of aliphatic imine (C=N–C) groups is 1. The summed E-state index contributed by atoms with van der Waals surface area (Å²) in [5, 5.41) is 0. The van der Waals surface area contributed by atoms with Crippen LogP contribution in [0.15, 0.2) is 63.8 Å². The predicted molar refractivity (Wildman–Crippen MR) is 100 cm³/mol. The Hall–Kier alpha value is -2.82. The Morgan fingerprint density at radius 2 is 1.72 bits per heavy atom. The molecule has 1 aliphatic heterocycles. The van der Waals surface area contributed by atoms with Gasteiger partial charge in [-0.2, -0.15) is 0 Å². The molecule has 0 spiro atoms. The third-order valence-corrected chi connectivity index (χ3v) is 4.02. The lowest BCUT2D eigenvalue weighted by Gasteiger charge is -2.35. The molecule has 1 amide bonds. The Morgan fingerprint density at radius 1 is 1.04 bits per heavy atom. The number of furan rings is 1. The summed E-state index contributed by atoms with van der Waals surface area (Å²) < 4.78 is 5.35. The molecular weight excluding hydrogens is 314 g/mol. The maximum atomic E-state index is 13.1. The van der Waals surface area contributed by atoms with Crippen LogP contribution in [0.25, 0.3) is 6.08 Å². The van der Waals surface area contributed by atoms with Gasteiger partial charge in [0.2, 0.25) is 5.96 Å². The normalized spacial score (nSPS) is 16.2. The van der Waals surface area contributed by atoms with Crippen molar-refractivity contribution in [3.63, 3.8) is 0 Å². The minimum absolute atomic E-state index is 0.149. The lowest BCUT2D eigenvalue weighted by Crippen LogP contribution is -2.50. The summed E-state index contributed by atoms with van der Waals surface area (Å²) in [5.41, 5.74) is 1.18. The Labute approximate surface area is 148 Å². The van der Waals surface area contributed by atoms with Gasteiger partial charge >= 0.3 is 0 Å². The molecule has 5 heteroatoms. The van der Waals surface area contributed by atoms with E-state index in [1.165, 1.54) is 0 Å². The Kier molecular flexibility index (Phi) is 4.74. The van der Waals surface area contributed by atoms with Gasteiger partial charge in [0.25, 0.3) is 5.91 Å². The summed E-state index contributed by atoms with van der Waals surface area (Å²) in [6, 6.07) is 13.6. The van der Waals surface area contributed by atoms with Crippen LogP contribution in [0.4, 0.5) is 5.69 Å². The van der Waals surface area contributed by atoms with Gasteiger partial charge in [-0.1, -0.05) is 18.2 Å². The van der Waals surface area contributed by atoms with Crippen molar-refractivity contribution in [3.05, 3.63) is 60.2 Å². The highest BCUT2D eigenvalue weighted by Gasteiger charge is 2.36. The van der Waals surface area contributed by atoms with E-state index < -0.39 is 0 Å². The van der Waals surface area contributed by atoms with Crippen molar-refractivity contribution >= 4 is 23.6 Å². The van der Waals surface area contributed by atoms with Gasteiger partial charge in [0.1, 0.15) is 11.5 Å². The van der Waals surface area contributed by atoms with Crippen molar-refractivity contribution in [1.29, 1.82) is 0 Å². The highest BCUT2D eigenvalue weighted by molar-refractivity contribution is 6.28. The van der Waals surface area contributed by atoms with Gasteiger partial charge in [0, 0.05) is 18.2 Å². The molecular formula is C20H23N3O2. The molecule has 1 aliphatic rings. The molecule has 0 bridgehead atoms. The molecule has 0 aliphatic carbocycles. The molecule has 2 heterocycles. The molecule has 0 saturated carbocycles. The van der Waals surface area contributed by atoms with Crippen molar-refractivity contribution in [2.24, 2.45) is 4.99 Å². The molecule has 3 rings (SSSR count). The van der Waals surface area contributed by atoms with E-state index in [4.69, 9.17) is 4.42 Å². The number of hydrogen-bond donors (Lipinski definition) is 0. The first-order valence-corrected chi connectivity index (χ1v) is 8.50. The largest absolute Gasteiger partial charge is 0.465 e. The van der Waals surface area contributed by atoms with Crippen molar-refractivity contribution in [2.75, 3.05) is 4.90 Å². The summed E-state index contributed by atoms with van der Waals surface area (Å²) in [6.45, 7) is 8.41. The molecule has 0 unspecified atom stereocenters. The molecule has 0 radical (unpaired) electrons. The lowest BCUT2D eigenvalue weighted by atomic mass is 10.2. The van der Waals surface area contributed by atoms with Crippen LogP contribution < -0.4 is 4.90 Å². The highest BCUT2D eigenvalue weighted by atomic mass is 16.3. The molecule has 2 aromatic rings. The van der Waals surface area contributed by atoms with Crippen LogP contribution in [0.3, 0.4) is 0 Å². The number of rotatable bonds is 4. The Balaban J connectivity index is 2.09. The van der Waals surface area contributed by atoms with Crippen LogP contribution in [0, 0.1) is 0 Å². The number of carbonyl (C=O) groups is 1. The molecule has 1 aromatic carbocycles. The van der Waals surface area contributed by atoms with Crippen LogP contribution in [0.1, 0.15) is 33.5 Å². The molecule has 1 aromatic heterocycles. The van der Waals surface area contributed by atoms with Crippen LogP contribution >= 0.6 is 0 Å². The van der Waals surface area contributed by atoms with Gasteiger partial charge in [-0.3, -0.25) is 4.79 Å². The molecule has 0 atom stereocenters. The van der Waals surface area contributed by atoms with E-state index in [0.29, 0.717) is 17.4 Å². The lowest BCUT2D eigenvalue weighted by molar-refractivity contribution is -0.113. The zero-order valence-electron chi connectivity index (χ0n) is 15.0. The number of hydrogen-bond acceptors (Lipinski definition) is 4. The van der Waals surface area contributed by atoms with Crippen LogP contribution in [-0.2, 0) is 4.79 Å². The molecule has 25 heavy (non-hydrogen) atoms. The maximum absolute atomic E-state index is 13.1.